The van der Waals surface area contributed by atoms with Crippen molar-refractivity contribution in [2.75, 3.05) is 13.2 Å². The molecule has 0 aromatic carbocycles. The highest BCUT2D eigenvalue weighted by atomic mass is 16.6. The van der Waals surface area contributed by atoms with Crippen LogP contribution >= 0.6 is 0 Å². The molecule has 6 heteroatoms. The van der Waals surface area contributed by atoms with Gasteiger partial charge in [0.2, 0.25) is 0 Å². The zero-order valence-electron chi connectivity index (χ0n) is 12.6. The van der Waals surface area contributed by atoms with E-state index in [1.54, 1.807) is 0 Å². The van der Waals surface area contributed by atoms with Gasteiger partial charge in [-0.15, -0.1) is 0 Å². The van der Waals surface area contributed by atoms with Crippen LogP contribution in [-0.4, -0.2) is 39.2 Å². The minimum absolute atomic E-state index is 0.00289. The summed E-state index contributed by atoms with van der Waals surface area (Å²) in [5.74, 6) is 0.575. The standard InChI is InChI=1S/C7H15BO2.C5H11BO2/c1-6-5-7(2,3)10-8(4)9-6;1-5-3-7-6(2)8-4-5/h6H,5H2,1-4H3;5H,3-4H2,1-2H3. The van der Waals surface area contributed by atoms with E-state index in [0.717, 1.165) is 19.6 Å². The second kappa shape index (κ2) is 6.94. The Morgan fingerprint density at radius 3 is 1.94 bits per heavy atom. The summed E-state index contributed by atoms with van der Waals surface area (Å²) in [6.07, 6.45) is 1.32. The average Bonchev–Trinajstić information content (AvgIpc) is 2.19. The lowest BCUT2D eigenvalue weighted by molar-refractivity contribution is -0.0260. The van der Waals surface area contributed by atoms with E-state index >= 15 is 0 Å². The second-order valence-electron chi connectivity index (χ2n) is 5.94. The summed E-state index contributed by atoms with van der Waals surface area (Å²) in [6.45, 7) is 14.0. The average molecular weight is 256 g/mol. The highest BCUT2D eigenvalue weighted by molar-refractivity contribution is 6.43. The fourth-order valence-corrected chi connectivity index (χ4v) is 2.29. The van der Waals surface area contributed by atoms with Crippen LogP contribution in [0.4, 0.5) is 0 Å². The molecule has 1 atom stereocenters. The topological polar surface area (TPSA) is 36.9 Å². The predicted octanol–water partition coefficient (Wildman–Crippen LogP) is 2.50. The largest absolute Gasteiger partial charge is 0.454 e. The van der Waals surface area contributed by atoms with E-state index in [4.69, 9.17) is 18.6 Å². The maximum Gasteiger partial charge on any atom is 0.454 e. The van der Waals surface area contributed by atoms with E-state index in [2.05, 4.69) is 27.7 Å². The van der Waals surface area contributed by atoms with Gasteiger partial charge in [0, 0.05) is 19.3 Å². The fourth-order valence-electron chi connectivity index (χ4n) is 2.29. The van der Waals surface area contributed by atoms with Crippen LogP contribution in [0.1, 0.15) is 34.1 Å². The van der Waals surface area contributed by atoms with Crippen molar-refractivity contribution in [1.82, 2.24) is 0 Å². The molecule has 2 heterocycles. The lowest BCUT2D eigenvalue weighted by atomic mass is 9.86. The van der Waals surface area contributed by atoms with E-state index in [1.165, 1.54) is 0 Å². The van der Waals surface area contributed by atoms with Gasteiger partial charge < -0.3 is 18.6 Å². The van der Waals surface area contributed by atoms with Crippen molar-refractivity contribution in [3.8, 4) is 0 Å². The van der Waals surface area contributed by atoms with E-state index in [-0.39, 0.29) is 19.8 Å². The molecule has 2 aliphatic rings. The van der Waals surface area contributed by atoms with Crippen LogP contribution in [-0.2, 0) is 18.6 Å². The Labute approximate surface area is 112 Å². The summed E-state index contributed by atoms with van der Waals surface area (Å²) < 4.78 is 21.3. The van der Waals surface area contributed by atoms with Gasteiger partial charge in [0.1, 0.15) is 0 Å². The van der Waals surface area contributed by atoms with E-state index in [9.17, 15) is 0 Å². The van der Waals surface area contributed by atoms with Crippen LogP contribution in [0.5, 0.6) is 0 Å². The summed E-state index contributed by atoms with van der Waals surface area (Å²) in [7, 11) is -0.0232. The second-order valence-corrected chi connectivity index (χ2v) is 5.94. The highest BCUT2D eigenvalue weighted by Gasteiger charge is 2.33. The van der Waals surface area contributed by atoms with E-state index in [0.29, 0.717) is 12.0 Å². The summed E-state index contributed by atoms with van der Waals surface area (Å²) in [6, 6.07) is 0. The summed E-state index contributed by atoms with van der Waals surface area (Å²) in [5.41, 5.74) is -0.00289. The Hall–Kier alpha value is -0.0301. The first kappa shape index (κ1) is 16.0. The Bertz CT molecular complexity index is 220. The SMILES string of the molecule is CB1OC(C)CC(C)(C)O1.CB1OCC(C)CO1. The first-order chi connectivity index (χ1) is 8.28. The monoisotopic (exact) mass is 256 g/mol. The van der Waals surface area contributed by atoms with Crippen molar-refractivity contribution in [2.45, 2.75) is 59.5 Å². The molecule has 0 bridgehead atoms. The number of rotatable bonds is 0. The molecule has 0 saturated carbocycles. The molecular formula is C12H26B2O4. The molecular weight excluding hydrogens is 230 g/mol. The van der Waals surface area contributed by atoms with Crippen molar-refractivity contribution in [3.63, 3.8) is 0 Å². The zero-order chi connectivity index (χ0) is 13.8. The van der Waals surface area contributed by atoms with E-state index < -0.39 is 0 Å². The van der Waals surface area contributed by atoms with Crippen molar-refractivity contribution in [2.24, 2.45) is 5.92 Å². The molecule has 0 radical (unpaired) electrons. The van der Waals surface area contributed by atoms with Crippen molar-refractivity contribution in [1.29, 1.82) is 0 Å². The van der Waals surface area contributed by atoms with Crippen molar-refractivity contribution < 1.29 is 18.6 Å². The van der Waals surface area contributed by atoms with Crippen LogP contribution in [0.15, 0.2) is 0 Å². The summed E-state index contributed by atoms with van der Waals surface area (Å²) in [4.78, 5) is 0. The van der Waals surface area contributed by atoms with Gasteiger partial charge in [0.15, 0.2) is 0 Å². The molecule has 2 aliphatic heterocycles. The molecule has 2 fully saturated rings. The van der Waals surface area contributed by atoms with Crippen LogP contribution < -0.4 is 0 Å². The Balaban J connectivity index is 0.000000184. The van der Waals surface area contributed by atoms with Gasteiger partial charge in [-0.3, -0.25) is 0 Å². The number of hydrogen-bond acceptors (Lipinski definition) is 4. The Morgan fingerprint density at radius 1 is 1.00 bits per heavy atom. The van der Waals surface area contributed by atoms with Crippen molar-refractivity contribution >= 4 is 14.2 Å². The molecule has 18 heavy (non-hydrogen) atoms. The molecule has 2 rings (SSSR count). The van der Waals surface area contributed by atoms with Crippen LogP contribution in [0, 0.1) is 5.92 Å². The molecule has 0 aromatic rings. The maximum atomic E-state index is 5.52. The van der Waals surface area contributed by atoms with Crippen molar-refractivity contribution in [3.05, 3.63) is 0 Å². The predicted molar refractivity (Wildman–Crippen MR) is 74.6 cm³/mol. The molecule has 0 amide bonds. The summed E-state index contributed by atoms with van der Waals surface area (Å²) >= 11 is 0. The third-order valence-electron chi connectivity index (χ3n) is 2.92. The molecule has 2 saturated heterocycles. The maximum absolute atomic E-state index is 5.52. The normalized spacial score (nSPS) is 28.7. The third kappa shape index (κ3) is 6.23. The minimum Gasteiger partial charge on any atom is -0.411 e. The van der Waals surface area contributed by atoms with Gasteiger partial charge in [0.05, 0.1) is 5.60 Å². The van der Waals surface area contributed by atoms with Gasteiger partial charge in [-0.2, -0.15) is 0 Å². The quantitative estimate of drug-likeness (QED) is 0.624. The van der Waals surface area contributed by atoms with Gasteiger partial charge in [-0.25, -0.2) is 0 Å². The summed E-state index contributed by atoms with van der Waals surface area (Å²) in [5, 5.41) is 0. The number of hydrogen-bond donors (Lipinski definition) is 0. The Kier molecular flexibility index (Phi) is 6.18. The fraction of sp³-hybridized carbons (Fsp3) is 1.00. The minimum atomic E-state index is -0.0428. The van der Waals surface area contributed by atoms with Crippen LogP contribution in [0.25, 0.3) is 0 Å². The molecule has 0 aliphatic carbocycles. The molecule has 4 nitrogen and oxygen atoms in total. The smallest absolute Gasteiger partial charge is 0.411 e. The first-order valence-electron chi connectivity index (χ1n) is 6.85. The molecule has 104 valence electrons. The molecule has 1 unspecified atom stereocenters. The van der Waals surface area contributed by atoms with Gasteiger partial charge in [0.25, 0.3) is 0 Å². The molecule has 0 N–H and O–H groups in total. The van der Waals surface area contributed by atoms with Gasteiger partial charge in [-0.1, -0.05) is 6.92 Å². The first-order valence-corrected chi connectivity index (χ1v) is 6.85. The van der Waals surface area contributed by atoms with Crippen LogP contribution in [0.3, 0.4) is 0 Å². The molecule has 0 aromatic heterocycles. The van der Waals surface area contributed by atoms with Gasteiger partial charge in [-0.05, 0) is 46.8 Å². The molecule has 0 spiro atoms. The lowest BCUT2D eigenvalue weighted by Crippen LogP contribution is -2.44. The Morgan fingerprint density at radius 2 is 1.56 bits per heavy atom. The van der Waals surface area contributed by atoms with Gasteiger partial charge >= 0.3 is 14.2 Å². The lowest BCUT2D eigenvalue weighted by Gasteiger charge is -2.37. The third-order valence-corrected chi connectivity index (χ3v) is 2.92. The van der Waals surface area contributed by atoms with Crippen LogP contribution in [0.2, 0.25) is 13.6 Å². The zero-order valence-corrected chi connectivity index (χ0v) is 12.6. The van der Waals surface area contributed by atoms with E-state index in [1.807, 2.05) is 13.6 Å². The highest BCUT2D eigenvalue weighted by Crippen LogP contribution is 2.25.